The molecule has 2 aromatic rings. The number of hydrogen-bond donors (Lipinski definition) is 2. The van der Waals surface area contributed by atoms with Gasteiger partial charge in [-0.05, 0) is 30.2 Å². The number of rotatable bonds is 9. The van der Waals surface area contributed by atoms with Gasteiger partial charge in [0.05, 0.1) is 6.61 Å². The van der Waals surface area contributed by atoms with E-state index in [9.17, 15) is 5.11 Å². The monoisotopic (exact) mass is 315 g/mol. The minimum absolute atomic E-state index is 0.208. The van der Waals surface area contributed by atoms with Crippen LogP contribution in [0.25, 0.3) is 11.1 Å². The van der Waals surface area contributed by atoms with Crippen molar-refractivity contribution in [1.29, 1.82) is 0 Å². The molecule has 0 aliphatic heterocycles. The summed E-state index contributed by atoms with van der Waals surface area (Å²) < 4.78 is 10.7. The van der Waals surface area contributed by atoms with Gasteiger partial charge < -0.3 is 19.9 Å². The summed E-state index contributed by atoms with van der Waals surface area (Å²) in [5, 5.41) is 13.1. The van der Waals surface area contributed by atoms with Crippen LogP contribution in [0.4, 0.5) is 0 Å². The zero-order valence-electron chi connectivity index (χ0n) is 13.7. The zero-order valence-corrected chi connectivity index (χ0v) is 13.7. The molecule has 0 amide bonds. The molecule has 2 N–H and O–H groups in total. The molecule has 0 spiro atoms. The average molecular weight is 315 g/mol. The Morgan fingerprint density at radius 3 is 2.26 bits per heavy atom. The van der Waals surface area contributed by atoms with Gasteiger partial charge in [-0.15, -0.1) is 0 Å². The summed E-state index contributed by atoms with van der Waals surface area (Å²) in [5.41, 5.74) is 2.32. The minimum atomic E-state index is -0.553. The summed E-state index contributed by atoms with van der Waals surface area (Å²) in [6, 6.07) is 18.3. The van der Waals surface area contributed by atoms with Crippen LogP contribution in [-0.2, 0) is 4.74 Å². The standard InChI is InChI=1S/C19H25NO3/c1-15(13-22-2)20-12-18(21)14-23-19-10-8-17(9-11-19)16-6-4-3-5-7-16/h3-11,15,18,20-21H,12-14H2,1-2H3. The molecule has 0 saturated heterocycles. The smallest absolute Gasteiger partial charge is 0.119 e. The second-order valence-electron chi connectivity index (χ2n) is 5.62. The third-order valence-electron chi connectivity index (χ3n) is 3.52. The van der Waals surface area contributed by atoms with E-state index in [1.807, 2.05) is 49.4 Å². The van der Waals surface area contributed by atoms with Crippen LogP contribution in [0.15, 0.2) is 54.6 Å². The van der Waals surface area contributed by atoms with Gasteiger partial charge in [0.1, 0.15) is 18.5 Å². The first-order chi connectivity index (χ1) is 11.2. The lowest BCUT2D eigenvalue weighted by Crippen LogP contribution is -2.38. The largest absolute Gasteiger partial charge is 0.491 e. The summed E-state index contributed by atoms with van der Waals surface area (Å²) in [7, 11) is 1.66. The van der Waals surface area contributed by atoms with Crippen LogP contribution >= 0.6 is 0 Å². The molecular weight excluding hydrogens is 290 g/mol. The summed E-state index contributed by atoms with van der Waals surface area (Å²) >= 11 is 0. The average Bonchev–Trinajstić information content (AvgIpc) is 2.59. The maximum Gasteiger partial charge on any atom is 0.119 e. The molecule has 2 rings (SSSR count). The second kappa shape index (κ2) is 9.30. The number of benzene rings is 2. The Morgan fingerprint density at radius 2 is 1.61 bits per heavy atom. The molecular formula is C19H25NO3. The molecule has 4 nitrogen and oxygen atoms in total. The fourth-order valence-corrected chi connectivity index (χ4v) is 2.27. The Bertz CT molecular complexity index is 557. The van der Waals surface area contributed by atoms with E-state index in [1.54, 1.807) is 7.11 Å². The van der Waals surface area contributed by atoms with Gasteiger partial charge in [0, 0.05) is 19.7 Å². The maximum absolute atomic E-state index is 9.93. The van der Waals surface area contributed by atoms with E-state index >= 15 is 0 Å². The Kier molecular flexibility index (Phi) is 7.07. The highest BCUT2D eigenvalue weighted by Gasteiger charge is 2.08. The predicted molar refractivity (Wildman–Crippen MR) is 92.7 cm³/mol. The number of aliphatic hydroxyl groups is 1. The summed E-state index contributed by atoms with van der Waals surface area (Å²) in [5.74, 6) is 0.758. The van der Waals surface area contributed by atoms with Gasteiger partial charge in [0.25, 0.3) is 0 Å². The first kappa shape index (κ1) is 17.5. The minimum Gasteiger partial charge on any atom is -0.491 e. The van der Waals surface area contributed by atoms with Gasteiger partial charge >= 0.3 is 0 Å². The van der Waals surface area contributed by atoms with E-state index in [2.05, 4.69) is 17.4 Å². The molecule has 0 aromatic heterocycles. The molecule has 0 saturated carbocycles. The molecule has 0 bridgehead atoms. The second-order valence-corrected chi connectivity index (χ2v) is 5.62. The van der Waals surface area contributed by atoms with Crippen molar-refractivity contribution in [2.24, 2.45) is 0 Å². The Labute approximate surface area is 138 Å². The van der Waals surface area contributed by atoms with Gasteiger partial charge in [0.15, 0.2) is 0 Å². The highest BCUT2D eigenvalue weighted by atomic mass is 16.5. The van der Waals surface area contributed by atoms with Crippen LogP contribution in [0.2, 0.25) is 0 Å². The maximum atomic E-state index is 9.93. The third-order valence-corrected chi connectivity index (χ3v) is 3.52. The third kappa shape index (κ3) is 6.02. The Morgan fingerprint density at radius 1 is 0.957 bits per heavy atom. The van der Waals surface area contributed by atoms with Crippen LogP contribution in [0.5, 0.6) is 5.75 Å². The molecule has 2 aromatic carbocycles. The van der Waals surface area contributed by atoms with Crippen LogP contribution < -0.4 is 10.1 Å². The van der Waals surface area contributed by atoms with Crippen molar-refractivity contribution in [3.05, 3.63) is 54.6 Å². The number of ether oxygens (including phenoxy) is 2. The summed E-state index contributed by atoms with van der Waals surface area (Å²) in [6.07, 6.45) is -0.553. The topological polar surface area (TPSA) is 50.7 Å². The summed E-state index contributed by atoms with van der Waals surface area (Å²) in [4.78, 5) is 0. The van der Waals surface area contributed by atoms with Gasteiger partial charge in [0.2, 0.25) is 0 Å². The molecule has 23 heavy (non-hydrogen) atoms. The Balaban J connectivity index is 1.78. The quantitative estimate of drug-likeness (QED) is 0.747. The van der Waals surface area contributed by atoms with E-state index in [0.717, 1.165) is 11.3 Å². The lowest BCUT2D eigenvalue weighted by Gasteiger charge is -2.17. The van der Waals surface area contributed by atoms with E-state index < -0.39 is 6.10 Å². The lowest BCUT2D eigenvalue weighted by atomic mass is 10.1. The lowest BCUT2D eigenvalue weighted by molar-refractivity contribution is 0.0973. The van der Waals surface area contributed by atoms with Crippen molar-refractivity contribution >= 4 is 0 Å². The fraction of sp³-hybridized carbons (Fsp3) is 0.368. The zero-order chi connectivity index (χ0) is 16.5. The van der Waals surface area contributed by atoms with Crippen LogP contribution in [0.1, 0.15) is 6.92 Å². The SMILES string of the molecule is COCC(C)NCC(O)COc1ccc(-c2ccccc2)cc1. The molecule has 4 heteroatoms. The van der Waals surface area contributed by atoms with Gasteiger partial charge in [-0.1, -0.05) is 42.5 Å². The van der Waals surface area contributed by atoms with Gasteiger partial charge in [-0.2, -0.15) is 0 Å². The molecule has 0 fully saturated rings. The molecule has 124 valence electrons. The normalized spacial score (nSPS) is 13.5. The Hall–Kier alpha value is -1.88. The number of methoxy groups -OCH3 is 1. The fourth-order valence-electron chi connectivity index (χ4n) is 2.27. The van der Waals surface area contributed by atoms with Crippen molar-refractivity contribution in [3.8, 4) is 16.9 Å². The molecule has 2 unspecified atom stereocenters. The molecule has 0 aliphatic carbocycles. The van der Waals surface area contributed by atoms with E-state index in [0.29, 0.717) is 13.2 Å². The van der Waals surface area contributed by atoms with E-state index in [1.165, 1.54) is 5.56 Å². The van der Waals surface area contributed by atoms with Gasteiger partial charge in [-0.25, -0.2) is 0 Å². The molecule has 0 radical (unpaired) electrons. The number of nitrogens with one attached hydrogen (secondary N) is 1. The van der Waals surface area contributed by atoms with Crippen molar-refractivity contribution in [2.75, 3.05) is 26.9 Å². The van der Waals surface area contributed by atoms with Crippen molar-refractivity contribution in [1.82, 2.24) is 5.32 Å². The van der Waals surface area contributed by atoms with Gasteiger partial charge in [-0.3, -0.25) is 0 Å². The molecule has 0 heterocycles. The predicted octanol–water partition coefficient (Wildman–Crippen LogP) is 2.72. The first-order valence-corrected chi connectivity index (χ1v) is 7.87. The van der Waals surface area contributed by atoms with E-state index in [4.69, 9.17) is 9.47 Å². The van der Waals surface area contributed by atoms with Crippen molar-refractivity contribution < 1.29 is 14.6 Å². The van der Waals surface area contributed by atoms with Crippen molar-refractivity contribution in [2.45, 2.75) is 19.1 Å². The highest BCUT2D eigenvalue weighted by molar-refractivity contribution is 5.63. The molecule has 2 atom stereocenters. The number of hydrogen-bond acceptors (Lipinski definition) is 4. The highest BCUT2D eigenvalue weighted by Crippen LogP contribution is 2.22. The van der Waals surface area contributed by atoms with Crippen LogP contribution in [0.3, 0.4) is 0 Å². The van der Waals surface area contributed by atoms with Crippen molar-refractivity contribution in [3.63, 3.8) is 0 Å². The number of aliphatic hydroxyl groups excluding tert-OH is 1. The summed E-state index contributed by atoms with van der Waals surface area (Å²) in [6.45, 7) is 3.37. The molecule has 0 aliphatic rings. The van der Waals surface area contributed by atoms with Crippen LogP contribution in [0, 0.1) is 0 Å². The van der Waals surface area contributed by atoms with E-state index in [-0.39, 0.29) is 12.6 Å². The van der Waals surface area contributed by atoms with Crippen LogP contribution in [-0.4, -0.2) is 44.1 Å². The first-order valence-electron chi connectivity index (χ1n) is 7.87.